The molecule has 1 fully saturated rings. The summed E-state index contributed by atoms with van der Waals surface area (Å²) in [6, 6.07) is 1.57. The summed E-state index contributed by atoms with van der Waals surface area (Å²) in [5.74, 6) is 2.36. The van der Waals surface area contributed by atoms with Crippen LogP contribution in [0.2, 0.25) is 0 Å². The Bertz CT molecular complexity index is 697. The van der Waals surface area contributed by atoms with Gasteiger partial charge in [0.15, 0.2) is 0 Å². The molecule has 23 heavy (non-hydrogen) atoms. The van der Waals surface area contributed by atoms with Crippen LogP contribution in [-0.4, -0.2) is 25.4 Å². The van der Waals surface area contributed by atoms with E-state index in [-0.39, 0.29) is 18.0 Å². The minimum Gasteiger partial charge on any atom is -0.336 e. The average molecular weight is 316 g/mol. The Morgan fingerprint density at radius 2 is 2.09 bits per heavy atom. The van der Waals surface area contributed by atoms with Crippen molar-refractivity contribution in [3.63, 3.8) is 0 Å². The molecule has 1 aliphatic rings. The Morgan fingerprint density at radius 1 is 1.35 bits per heavy atom. The maximum Gasteiger partial charge on any atom is 0.320 e. The van der Waals surface area contributed by atoms with E-state index in [4.69, 9.17) is 0 Å². The molecule has 3 rings (SSSR count). The lowest BCUT2D eigenvalue weighted by Gasteiger charge is -2.22. The number of hydrogen-bond donors (Lipinski definition) is 2. The van der Waals surface area contributed by atoms with Crippen molar-refractivity contribution in [2.75, 3.05) is 5.32 Å². The maximum absolute atomic E-state index is 12.4. The van der Waals surface area contributed by atoms with Gasteiger partial charge in [-0.25, -0.2) is 9.78 Å². The molecular formula is C16H24N6O. The molecule has 124 valence electrons. The number of urea groups is 1. The first kappa shape index (κ1) is 15.6. The van der Waals surface area contributed by atoms with Gasteiger partial charge in [-0.05, 0) is 18.8 Å². The van der Waals surface area contributed by atoms with Crippen LogP contribution < -0.4 is 10.6 Å². The number of aryl methyl sites for hydroxylation is 2. The summed E-state index contributed by atoms with van der Waals surface area (Å²) in [5, 5.41) is 10.4. The normalized spacial score (nSPS) is 15.7. The van der Waals surface area contributed by atoms with Gasteiger partial charge < -0.3 is 9.88 Å². The standard InChI is InChI=1S/C16H24N6O/c1-10(2)14(15-17-7-8-21(15)3)19-16(23)18-13-9-12(11-5-6-11)20-22(13)4/h7-11,14H,5-6H2,1-4H3,(H2,18,19,23)/t14-/m0/s1. The second-order valence-corrected chi connectivity index (χ2v) is 6.57. The van der Waals surface area contributed by atoms with Crippen molar-refractivity contribution in [1.82, 2.24) is 24.6 Å². The topological polar surface area (TPSA) is 76.8 Å². The highest BCUT2D eigenvalue weighted by molar-refractivity contribution is 5.88. The average Bonchev–Trinajstić information content (AvgIpc) is 3.16. The van der Waals surface area contributed by atoms with Gasteiger partial charge in [0.05, 0.1) is 11.7 Å². The maximum atomic E-state index is 12.4. The molecule has 7 heteroatoms. The van der Waals surface area contributed by atoms with Crippen LogP contribution in [0.1, 0.15) is 50.2 Å². The lowest BCUT2D eigenvalue weighted by atomic mass is 10.0. The van der Waals surface area contributed by atoms with Crippen molar-refractivity contribution < 1.29 is 4.79 Å². The third-order valence-electron chi connectivity index (χ3n) is 4.23. The van der Waals surface area contributed by atoms with Gasteiger partial charge in [-0.1, -0.05) is 13.8 Å². The highest BCUT2D eigenvalue weighted by Crippen LogP contribution is 2.39. The highest BCUT2D eigenvalue weighted by Gasteiger charge is 2.27. The van der Waals surface area contributed by atoms with E-state index in [1.165, 1.54) is 12.8 Å². The number of carbonyl (C=O) groups is 1. The van der Waals surface area contributed by atoms with Gasteiger partial charge in [0, 0.05) is 38.5 Å². The Morgan fingerprint density at radius 3 is 2.65 bits per heavy atom. The van der Waals surface area contributed by atoms with Crippen molar-refractivity contribution in [2.24, 2.45) is 20.0 Å². The monoisotopic (exact) mass is 316 g/mol. The molecule has 1 atom stereocenters. The Labute approximate surface area is 136 Å². The van der Waals surface area contributed by atoms with Gasteiger partial charge in [0.1, 0.15) is 11.6 Å². The van der Waals surface area contributed by atoms with Crippen molar-refractivity contribution in [3.8, 4) is 0 Å². The minimum atomic E-state index is -0.239. The molecule has 1 aliphatic carbocycles. The van der Waals surface area contributed by atoms with Crippen LogP contribution in [0.15, 0.2) is 18.5 Å². The predicted octanol–water partition coefficient (Wildman–Crippen LogP) is 2.55. The Balaban J connectivity index is 1.69. The van der Waals surface area contributed by atoms with Gasteiger partial charge in [0.25, 0.3) is 0 Å². The van der Waals surface area contributed by atoms with E-state index in [1.807, 2.05) is 30.9 Å². The van der Waals surface area contributed by atoms with E-state index in [1.54, 1.807) is 10.9 Å². The molecule has 0 aromatic carbocycles. The lowest BCUT2D eigenvalue weighted by molar-refractivity contribution is 0.243. The van der Waals surface area contributed by atoms with E-state index >= 15 is 0 Å². The second-order valence-electron chi connectivity index (χ2n) is 6.57. The van der Waals surface area contributed by atoms with Crippen LogP contribution in [0.25, 0.3) is 0 Å². The summed E-state index contributed by atoms with van der Waals surface area (Å²) in [4.78, 5) is 16.7. The zero-order chi connectivity index (χ0) is 16.6. The third-order valence-corrected chi connectivity index (χ3v) is 4.23. The van der Waals surface area contributed by atoms with Crippen LogP contribution in [0.4, 0.5) is 10.6 Å². The molecular weight excluding hydrogens is 292 g/mol. The molecule has 0 radical (unpaired) electrons. The number of anilines is 1. The van der Waals surface area contributed by atoms with Crippen LogP contribution >= 0.6 is 0 Å². The quantitative estimate of drug-likeness (QED) is 0.890. The summed E-state index contributed by atoms with van der Waals surface area (Å²) in [6.45, 7) is 4.13. The third kappa shape index (κ3) is 3.38. The fourth-order valence-corrected chi connectivity index (χ4v) is 2.68. The Kier molecular flexibility index (Phi) is 4.11. The van der Waals surface area contributed by atoms with Crippen LogP contribution in [0.5, 0.6) is 0 Å². The predicted molar refractivity (Wildman–Crippen MR) is 88.1 cm³/mol. The van der Waals surface area contributed by atoms with E-state index in [9.17, 15) is 4.79 Å². The number of amides is 2. The van der Waals surface area contributed by atoms with E-state index in [0.29, 0.717) is 11.7 Å². The van der Waals surface area contributed by atoms with Gasteiger partial charge in [-0.3, -0.25) is 10.00 Å². The summed E-state index contributed by atoms with van der Waals surface area (Å²) in [5.41, 5.74) is 1.06. The molecule has 2 heterocycles. The van der Waals surface area contributed by atoms with Gasteiger partial charge in [-0.2, -0.15) is 5.10 Å². The molecule has 0 aliphatic heterocycles. The molecule has 1 saturated carbocycles. The SMILES string of the molecule is CC(C)[C@H](NC(=O)Nc1cc(C2CC2)nn1C)c1nccn1C. The number of hydrogen-bond acceptors (Lipinski definition) is 3. The molecule has 7 nitrogen and oxygen atoms in total. The Hall–Kier alpha value is -2.31. The molecule has 2 N–H and O–H groups in total. The summed E-state index contributed by atoms with van der Waals surface area (Å²) in [7, 11) is 3.78. The van der Waals surface area contributed by atoms with Crippen LogP contribution in [0, 0.1) is 5.92 Å². The zero-order valence-electron chi connectivity index (χ0n) is 14.1. The van der Waals surface area contributed by atoms with Crippen LogP contribution in [0.3, 0.4) is 0 Å². The van der Waals surface area contributed by atoms with Crippen molar-refractivity contribution in [2.45, 2.75) is 38.6 Å². The number of carbonyl (C=O) groups excluding carboxylic acids is 1. The first-order valence-electron chi connectivity index (χ1n) is 8.04. The summed E-state index contributed by atoms with van der Waals surface area (Å²) >= 11 is 0. The minimum absolute atomic E-state index is 0.147. The van der Waals surface area contributed by atoms with E-state index < -0.39 is 0 Å². The lowest BCUT2D eigenvalue weighted by Crippen LogP contribution is -2.36. The smallest absolute Gasteiger partial charge is 0.320 e. The molecule has 2 aromatic heterocycles. The fraction of sp³-hybridized carbons (Fsp3) is 0.562. The summed E-state index contributed by atoms with van der Waals surface area (Å²) in [6.07, 6.45) is 6.01. The van der Waals surface area contributed by atoms with Crippen molar-refractivity contribution in [3.05, 3.63) is 30.0 Å². The number of nitrogens with zero attached hydrogens (tertiary/aromatic N) is 4. The molecule has 0 spiro atoms. The number of imidazole rings is 1. The largest absolute Gasteiger partial charge is 0.336 e. The highest BCUT2D eigenvalue weighted by atomic mass is 16.2. The van der Waals surface area contributed by atoms with E-state index in [0.717, 1.165) is 11.5 Å². The molecule has 2 aromatic rings. The second kappa shape index (κ2) is 6.06. The van der Waals surface area contributed by atoms with Crippen LogP contribution in [-0.2, 0) is 14.1 Å². The fourth-order valence-electron chi connectivity index (χ4n) is 2.68. The van der Waals surface area contributed by atoms with E-state index in [2.05, 4.69) is 34.6 Å². The number of aromatic nitrogens is 4. The number of nitrogens with one attached hydrogen (secondary N) is 2. The molecule has 0 saturated heterocycles. The first-order chi connectivity index (χ1) is 11.0. The van der Waals surface area contributed by atoms with Crippen molar-refractivity contribution in [1.29, 1.82) is 0 Å². The molecule has 2 amide bonds. The van der Waals surface area contributed by atoms with Crippen molar-refractivity contribution >= 4 is 11.8 Å². The molecule has 0 bridgehead atoms. The number of rotatable bonds is 5. The first-order valence-corrected chi connectivity index (χ1v) is 8.04. The summed E-state index contributed by atoms with van der Waals surface area (Å²) < 4.78 is 3.65. The van der Waals surface area contributed by atoms with Gasteiger partial charge >= 0.3 is 6.03 Å². The van der Waals surface area contributed by atoms with Gasteiger partial charge in [0.2, 0.25) is 0 Å². The zero-order valence-corrected chi connectivity index (χ0v) is 14.1. The molecule has 0 unspecified atom stereocenters. The van der Waals surface area contributed by atoms with Gasteiger partial charge in [-0.15, -0.1) is 0 Å².